The number of halogens is 4. The molecule has 1 N–H and O–H groups in total. The molecule has 0 aromatic heterocycles. The first-order chi connectivity index (χ1) is 8.78. The van der Waals surface area contributed by atoms with Crippen molar-refractivity contribution in [2.75, 3.05) is 13.7 Å². The summed E-state index contributed by atoms with van der Waals surface area (Å²) < 4.78 is 44.3. The molecule has 106 valence electrons. The molecule has 0 saturated carbocycles. The lowest BCUT2D eigenvalue weighted by Crippen LogP contribution is -2.34. The number of benzene rings is 1. The molecule has 0 spiro atoms. The van der Waals surface area contributed by atoms with Gasteiger partial charge in [-0.1, -0.05) is 0 Å². The second-order valence-electron chi connectivity index (χ2n) is 4.90. The van der Waals surface area contributed by atoms with E-state index >= 15 is 0 Å². The van der Waals surface area contributed by atoms with Crippen molar-refractivity contribution in [3.05, 3.63) is 27.7 Å². The molecular formula is C13H15BrF3NO. The fourth-order valence-electron chi connectivity index (χ4n) is 2.50. The van der Waals surface area contributed by atoms with E-state index in [1.54, 1.807) is 0 Å². The van der Waals surface area contributed by atoms with Crippen LogP contribution in [0.5, 0.6) is 5.75 Å². The number of hydrogen-bond donors (Lipinski definition) is 1. The Kier molecular flexibility index (Phi) is 3.84. The molecule has 1 saturated heterocycles. The van der Waals surface area contributed by atoms with Gasteiger partial charge in [-0.2, -0.15) is 13.2 Å². The number of methoxy groups -OCH3 is 1. The summed E-state index contributed by atoms with van der Waals surface area (Å²) >= 11 is 3.17. The maximum absolute atomic E-state index is 12.9. The molecule has 1 aliphatic heterocycles. The highest BCUT2D eigenvalue weighted by Gasteiger charge is 2.38. The molecule has 0 amide bonds. The highest BCUT2D eigenvalue weighted by Crippen LogP contribution is 2.43. The summed E-state index contributed by atoms with van der Waals surface area (Å²) in [5.74, 6) is 0.463. The van der Waals surface area contributed by atoms with Crippen molar-refractivity contribution in [2.24, 2.45) is 0 Å². The first-order valence-electron chi connectivity index (χ1n) is 5.98. The van der Waals surface area contributed by atoms with Gasteiger partial charge in [-0.05, 0) is 54.4 Å². The maximum atomic E-state index is 12.9. The Labute approximate surface area is 118 Å². The lowest BCUT2D eigenvalue weighted by molar-refractivity contribution is -0.137. The zero-order valence-electron chi connectivity index (χ0n) is 10.7. The van der Waals surface area contributed by atoms with E-state index in [0.717, 1.165) is 25.5 Å². The van der Waals surface area contributed by atoms with E-state index in [4.69, 9.17) is 4.74 Å². The topological polar surface area (TPSA) is 21.3 Å². The van der Waals surface area contributed by atoms with Gasteiger partial charge in [-0.25, -0.2) is 0 Å². The monoisotopic (exact) mass is 337 g/mol. The van der Waals surface area contributed by atoms with Crippen LogP contribution in [-0.4, -0.2) is 13.7 Å². The number of hydrogen-bond acceptors (Lipinski definition) is 2. The summed E-state index contributed by atoms with van der Waals surface area (Å²) in [7, 11) is 1.47. The first kappa shape index (κ1) is 14.7. The Bertz CT molecular complexity index is 482. The number of ether oxygens (including phenoxy) is 1. The molecule has 1 heterocycles. The van der Waals surface area contributed by atoms with Crippen LogP contribution in [0.3, 0.4) is 0 Å². The molecule has 2 rings (SSSR count). The lowest BCUT2D eigenvalue weighted by Gasteiger charge is -2.28. The SMILES string of the molecule is COc1c(Br)cc(C(F)(F)F)cc1C1(C)CCCN1. The Morgan fingerprint density at radius 1 is 1.37 bits per heavy atom. The quantitative estimate of drug-likeness (QED) is 0.878. The van der Waals surface area contributed by atoms with Gasteiger partial charge in [-0.15, -0.1) is 0 Å². The molecule has 19 heavy (non-hydrogen) atoms. The third-order valence-corrected chi connectivity index (χ3v) is 4.13. The fourth-order valence-corrected chi connectivity index (χ4v) is 3.12. The molecule has 1 aromatic rings. The van der Waals surface area contributed by atoms with E-state index < -0.39 is 17.3 Å². The molecular weight excluding hydrogens is 323 g/mol. The Morgan fingerprint density at radius 3 is 2.53 bits per heavy atom. The molecule has 1 fully saturated rings. The van der Waals surface area contributed by atoms with Gasteiger partial charge in [0.15, 0.2) is 0 Å². The van der Waals surface area contributed by atoms with Crippen molar-refractivity contribution < 1.29 is 17.9 Å². The molecule has 0 bridgehead atoms. The molecule has 1 aliphatic rings. The van der Waals surface area contributed by atoms with Crippen LogP contribution in [0.1, 0.15) is 30.9 Å². The summed E-state index contributed by atoms with van der Waals surface area (Å²) in [6.07, 6.45) is -2.64. The van der Waals surface area contributed by atoms with Gasteiger partial charge >= 0.3 is 6.18 Å². The largest absolute Gasteiger partial charge is 0.495 e. The molecule has 0 aliphatic carbocycles. The highest BCUT2D eigenvalue weighted by molar-refractivity contribution is 9.10. The van der Waals surface area contributed by atoms with Gasteiger partial charge < -0.3 is 10.1 Å². The van der Waals surface area contributed by atoms with Gasteiger partial charge in [0, 0.05) is 11.1 Å². The van der Waals surface area contributed by atoms with E-state index in [0.29, 0.717) is 15.8 Å². The minimum Gasteiger partial charge on any atom is -0.495 e. The zero-order valence-corrected chi connectivity index (χ0v) is 12.3. The summed E-state index contributed by atoms with van der Waals surface area (Å²) in [5.41, 5.74) is -0.589. The third-order valence-electron chi connectivity index (χ3n) is 3.54. The second-order valence-corrected chi connectivity index (χ2v) is 5.75. The Balaban J connectivity index is 2.60. The van der Waals surface area contributed by atoms with Crippen molar-refractivity contribution >= 4 is 15.9 Å². The molecule has 1 aromatic carbocycles. The van der Waals surface area contributed by atoms with Crippen LogP contribution in [0.15, 0.2) is 16.6 Å². The maximum Gasteiger partial charge on any atom is 0.416 e. The van der Waals surface area contributed by atoms with Crippen LogP contribution < -0.4 is 10.1 Å². The first-order valence-corrected chi connectivity index (χ1v) is 6.77. The molecule has 0 radical (unpaired) electrons. The van der Waals surface area contributed by atoms with Crippen molar-refractivity contribution in [2.45, 2.75) is 31.5 Å². The van der Waals surface area contributed by atoms with Crippen LogP contribution in [0, 0.1) is 0 Å². The third kappa shape index (κ3) is 2.74. The van der Waals surface area contributed by atoms with Gasteiger partial charge in [0.25, 0.3) is 0 Å². The van der Waals surface area contributed by atoms with Crippen molar-refractivity contribution in [1.29, 1.82) is 0 Å². The fraction of sp³-hybridized carbons (Fsp3) is 0.538. The minimum absolute atomic E-state index is 0.328. The molecule has 1 atom stereocenters. The average molecular weight is 338 g/mol. The summed E-state index contributed by atoms with van der Waals surface area (Å²) in [6, 6.07) is 2.24. The predicted molar refractivity (Wildman–Crippen MR) is 70.3 cm³/mol. The van der Waals surface area contributed by atoms with E-state index in [1.807, 2.05) is 6.92 Å². The van der Waals surface area contributed by atoms with Gasteiger partial charge in [0.1, 0.15) is 5.75 Å². The van der Waals surface area contributed by atoms with Gasteiger partial charge in [-0.3, -0.25) is 0 Å². The smallest absolute Gasteiger partial charge is 0.416 e. The van der Waals surface area contributed by atoms with Crippen molar-refractivity contribution in [3.8, 4) is 5.75 Å². The average Bonchev–Trinajstić information content (AvgIpc) is 2.75. The lowest BCUT2D eigenvalue weighted by atomic mass is 9.88. The Morgan fingerprint density at radius 2 is 2.05 bits per heavy atom. The van der Waals surface area contributed by atoms with E-state index in [-0.39, 0.29) is 0 Å². The van der Waals surface area contributed by atoms with Gasteiger partial charge in [0.05, 0.1) is 17.1 Å². The van der Waals surface area contributed by atoms with Crippen LogP contribution in [0.25, 0.3) is 0 Å². The van der Waals surface area contributed by atoms with Crippen LogP contribution in [-0.2, 0) is 11.7 Å². The van der Waals surface area contributed by atoms with E-state index in [1.165, 1.54) is 13.2 Å². The Hall–Kier alpha value is -0.750. The van der Waals surface area contributed by atoms with E-state index in [2.05, 4.69) is 21.2 Å². The second kappa shape index (κ2) is 4.98. The van der Waals surface area contributed by atoms with Gasteiger partial charge in [0.2, 0.25) is 0 Å². The zero-order chi connectivity index (χ0) is 14.3. The van der Waals surface area contributed by atoms with Crippen molar-refractivity contribution in [1.82, 2.24) is 5.32 Å². The standard InChI is InChI=1S/C13H15BrF3NO/c1-12(4-3-5-18-12)9-6-8(13(15,16)17)7-10(14)11(9)19-2/h6-7,18H,3-5H2,1-2H3. The normalized spacial score (nSPS) is 23.7. The highest BCUT2D eigenvalue weighted by atomic mass is 79.9. The van der Waals surface area contributed by atoms with Crippen LogP contribution in [0.4, 0.5) is 13.2 Å². The number of rotatable bonds is 2. The van der Waals surface area contributed by atoms with Crippen LogP contribution >= 0.6 is 15.9 Å². The molecule has 6 heteroatoms. The van der Waals surface area contributed by atoms with E-state index in [9.17, 15) is 13.2 Å². The minimum atomic E-state index is -4.36. The number of nitrogens with one attached hydrogen (secondary N) is 1. The number of alkyl halides is 3. The summed E-state index contributed by atoms with van der Waals surface area (Å²) in [5, 5.41) is 3.26. The molecule has 1 unspecified atom stereocenters. The van der Waals surface area contributed by atoms with Crippen molar-refractivity contribution in [3.63, 3.8) is 0 Å². The summed E-state index contributed by atoms with van der Waals surface area (Å²) in [6.45, 7) is 2.71. The molecule has 2 nitrogen and oxygen atoms in total. The summed E-state index contributed by atoms with van der Waals surface area (Å²) in [4.78, 5) is 0. The van der Waals surface area contributed by atoms with Crippen LogP contribution in [0.2, 0.25) is 0 Å². The predicted octanol–water partition coefficient (Wildman–Crippen LogP) is 4.08.